The van der Waals surface area contributed by atoms with Crippen molar-refractivity contribution in [1.29, 1.82) is 0 Å². The molecule has 0 N–H and O–H groups in total. The first-order chi connectivity index (χ1) is 16.7. The molecule has 0 amide bonds. The Balaban J connectivity index is 1.95. The Morgan fingerprint density at radius 1 is 1.11 bits per heavy atom. The van der Waals surface area contributed by atoms with Crippen LogP contribution in [0.15, 0.2) is 68.0 Å². The second kappa shape index (κ2) is 10.0. The van der Waals surface area contributed by atoms with Gasteiger partial charge in [0.25, 0.3) is 5.56 Å². The largest absolute Gasteiger partial charge is 0.493 e. The van der Waals surface area contributed by atoms with E-state index in [0.717, 1.165) is 10.0 Å². The Morgan fingerprint density at radius 3 is 2.46 bits per heavy atom. The first kappa shape index (κ1) is 24.6. The molecule has 0 bridgehead atoms. The molecular formula is C25H21BrN2O6S. The highest BCUT2D eigenvalue weighted by molar-refractivity contribution is 9.10. The number of carbonyl (C=O) groups excluding carboxylic acids is 2. The number of methoxy groups -OCH3 is 2. The van der Waals surface area contributed by atoms with E-state index in [1.807, 2.05) is 24.3 Å². The van der Waals surface area contributed by atoms with E-state index in [2.05, 4.69) is 20.9 Å². The fraction of sp³-hybridized carbons (Fsp3) is 0.200. The average Bonchev–Trinajstić information content (AvgIpc) is 3.13. The van der Waals surface area contributed by atoms with Gasteiger partial charge in [0.15, 0.2) is 16.3 Å². The fourth-order valence-electron chi connectivity index (χ4n) is 3.81. The summed E-state index contributed by atoms with van der Waals surface area (Å²) in [6, 6.07) is 11.6. The van der Waals surface area contributed by atoms with E-state index >= 15 is 0 Å². The number of carbonyl (C=O) groups is 2. The highest BCUT2D eigenvalue weighted by atomic mass is 79.9. The number of benzene rings is 2. The Hall–Kier alpha value is -3.50. The molecule has 3 aromatic rings. The number of fused-ring (bicyclic) bond motifs is 1. The van der Waals surface area contributed by atoms with Gasteiger partial charge in [-0.15, -0.1) is 0 Å². The van der Waals surface area contributed by atoms with Crippen LogP contribution in [0.1, 0.15) is 31.0 Å². The van der Waals surface area contributed by atoms with Gasteiger partial charge in [-0.2, -0.15) is 0 Å². The molecule has 1 aliphatic rings. The van der Waals surface area contributed by atoms with Crippen molar-refractivity contribution in [2.24, 2.45) is 4.99 Å². The maximum absolute atomic E-state index is 13.6. The van der Waals surface area contributed by atoms with Crippen LogP contribution < -0.4 is 24.4 Å². The molecule has 1 aliphatic heterocycles. The third kappa shape index (κ3) is 4.85. The smallest absolute Gasteiger partial charge is 0.338 e. The average molecular weight is 557 g/mol. The zero-order valence-corrected chi connectivity index (χ0v) is 21.7. The highest BCUT2D eigenvalue weighted by Crippen LogP contribution is 2.36. The van der Waals surface area contributed by atoms with Crippen molar-refractivity contribution in [2.45, 2.75) is 19.9 Å². The van der Waals surface area contributed by atoms with Crippen molar-refractivity contribution >= 4 is 45.3 Å². The lowest BCUT2D eigenvalue weighted by molar-refractivity contribution is -0.136. The number of thiazole rings is 1. The molecule has 180 valence electrons. The van der Waals surface area contributed by atoms with Gasteiger partial charge in [-0.25, -0.2) is 9.79 Å². The standard InChI is InChI=1S/C25H21BrN2O6S/c1-13-21(24(31)33-4)22(16-7-10-18(34-14(2)29)19(12-16)32-3)28-23(30)20(35-25(28)27-13)11-15-5-8-17(26)9-6-15/h5-12,22H,1-4H3/b20-11+/t22-/m0/s1. The summed E-state index contributed by atoms with van der Waals surface area (Å²) in [4.78, 5) is 42.9. The highest BCUT2D eigenvalue weighted by Gasteiger charge is 2.33. The van der Waals surface area contributed by atoms with E-state index in [1.54, 1.807) is 31.2 Å². The topological polar surface area (TPSA) is 96.2 Å². The minimum absolute atomic E-state index is 0.228. The lowest BCUT2D eigenvalue weighted by atomic mass is 9.95. The van der Waals surface area contributed by atoms with Crippen LogP contribution in [-0.4, -0.2) is 30.7 Å². The monoisotopic (exact) mass is 556 g/mol. The van der Waals surface area contributed by atoms with E-state index in [1.165, 1.54) is 37.0 Å². The van der Waals surface area contributed by atoms with E-state index < -0.39 is 18.0 Å². The van der Waals surface area contributed by atoms with Crippen LogP contribution in [-0.2, 0) is 14.3 Å². The van der Waals surface area contributed by atoms with Crippen molar-refractivity contribution in [1.82, 2.24) is 4.57 Å². The van der Waals surface area contributed by atoms with E-state index in [0.29, 0.717) is 20.6 Å². The van der Waals surface area contributed by atoms with Gasteiger partial charge in [-0.1, -0.05) is 45.5 Å². The summed E-state index contributed by atoms with van der Waals surface area (Å²) in [6.07, 6.45) is 1.79. The van der Waals surface area contributed by atoms with E-state index in [9.17, 15) is 14.4 Å². The third-order valence-electron chi connectivity index (χ3n) is 5.35. The van der Waals surface area contributed by atoms with Gasteiger partial charge in [0, 0.05) is 11.4 Å². The summed E-state index contributed by atoms with van der Waals surface area (Å²) in [7, 11) is 2.72. The van der Waals surface area contributed by atoms with Crippen LogP contribution >= 0.6 is 27.3 Å². The summed E-state index contributed by atoms with van der Waals surface area (Å²) in [5.41, 5.74) is 1.81. The number of ether oxygens (including phenoxy) is 3. The molecular weight excluding hydrogens is 536 g/mol. The molecule has 0 saturated carbocycles. The molecule has 2 heterocycles. The minimum Gasteiger partial charge on any atom is -0.493 e. The van der Waals surface area contributed by atoms with Crippen molar-refractivity contribution in [3.8, 4) is 11.5 Å². The Morgan fingerprint density at radius 2 is 1.83 bits per heavy atom. The minimum atomic E-state index is -0.814. The van der Waals surface area contributed by atoms with Crippen molar-refractivity contribution in [3.05, 3.63) is 89.0 Å². The maximum atomic E-state index is 13.6. The number of esters is 2. The van der Waals surface area contributed by atoms with Gasteiger partial charge in [0.2, 0.25) is 0 Å². The van der Waals surface area contributed by atoms with Gasteiger partial charge >= 0.3 is 11.9 Å². The van der Waals surface area contributed by atoms with Gasteiger partial charge in [0.1, 0.15) is 0 Å². The SMILES string of the molecule is COC(=O)C1=C(C)N=c2s/c(=C/c3ccc(Br)cc3)c(=O)n2[C@H]1c1ccc(OC(C)=O)c(OC)c1. The zero-order chi connectivity index (χ0) is 25.3. The first-order valence-electron chi connectivity index (χ1n) is 10.5. The van der Waals surface area contributed by atoms with Gasteiger partial charge in [-0.3, -0.25) is 14.2 Å². The Kier molecular flexibility index (Phi) is 7.04. The van der Waals surface area contributed by atoms with Crippen LogP contribution in [0.25, 0.3) is 6.08 Å². The van der Waals surface area contributed by atoms with Crippen molar-refractivity contribution in [3.63, 3.8) is 0 Å². The quantitative estimate of drug-likeness (QED) is 0.354. The maximum Gasteiger partial charge on any atom is 0.338 e. The Labute approximate surface area is 212 Å². The molecule has 0 spiro atoms. The number of rotatable bonds is 5. The van der Waals surface area contributed by atoms with Gasteiger partial charge in [0.05, 0.1) is 36.1 Å². The van der Waals surface area contributed by atoms with E-state index in [4.69, 9.17) is 14.2 Å². The van der Waals surface area contributed by atoms with Gasteiger partial charge < -0.3 is 14.2 Å². The normalized spacial score (nSPS) is 15.3. The van der Waals surface area contributed by atoms with Crippen LogP contribution in [0, 0.1) is 0 Å². The lowest BCUT2D eigenvalue weighted by Crippen LogP contribution is -2.39. The van der Waals surface area contributed by atoms with Crippen LogP contribution in [0.3, 0.4) is 0 Å². The molecule has 2 aromatic carbocycles. The number of nitrogens with zero attached hydrogens (tertiary/aromatic N) is 2. The number of hydrogen-bond donors (Lipinski definition) is 0. The molecule has 0 radical (unpaired) electrons. The lowest BCUT2D eigenvalue weighted by Gasteiger charge is -2.25. The van der Waals surface area contributed by atoms with Gasteiger partial charge in [-0.05, 0) is 48.4 Å². The van der Waals surface area contributed by atoms with Crippen LogP contribution in [0.5, 0.6) is 11.5 Å². The molecule has 35 heavy (non-hydrogen) atoms. The molecule has 0 aliphatic carbocycles. The van der Waals surface area contributed by atoms with Crippen molar-refractivity contribution < 1.29 is 23.8 Å². The number of allylic oxidation sites excluding steroid dienone is 1. The third-order valence-corrected chi connectivity index (χ3v) is 6.86. The molecule has 8 nitrogen and oxygen atoms in total. The summed E-state index contributed by atoms with van der Waals surface area (Å²) < 4.78 is 18.5. The molecule has 1 aromatic heterocycles. The molecule has 0 saturated heterocycles. The number of halogens is 1. The molecule has 10 heteroatoms. The zero-order valence-electron chi connectivity index (χ0n) is 19.3. The van der Waals surface area contributed by atoms with E-state index in [-0.39, 0.29) is 22.6 Å². The predicted molar refractivity (Wildman–Crippen MR) is 134 cm³/mol. The van der Waals surface area contributed by atoms with Crippen LogP contribution in [0.2, 0.25) is 0 Å². The summed E-state index contributed by atoms with van der Waals surface area (Å²) in [5.74, 6) is -0.579. The molecule has 0 unspecified atom stereocenters. The summed E-state index contributed by atoms with van der Waals surface area (Å²) in [6.45, 7) is 2.99. The predicted octanol–water partition coefficient (Wildman–Crippen LogP) is 3.10. The Bertz CT molecular complexity index is 1540. The summed E-state index contributed by atoms with van der Waals surface area (Å²) in [5, 5.41) is 0. The van der Waals surface area contributed by atoms with Crippen LogP contribution in [0.4, 0.5) is 0 Å². The molecule has 4 rings (SSSR count). The number of aromatic nitrogens is 1. The van der Waals surface area contributed by atoms with Crippen molar-refractivity contribution in [2.75, 3.05) is 14.2 Å². The first-order valence-corrected chi connectivity index (χ1v) is 12.1. The molecule has 0 fully saturated rings. The molecule has 1 atom stereocenters. The number of hydrogen-bond acceptors (Lipinski definition) is 8. The fourth-order valence-corrected chi connectivity index (χ4v) is 5.12. The summed E-state index contributed by atoms with van der Waals surface area (Å²) >= 11 is 4.65. The second-order valence-corrected chi connectivity index (χ2v) is 9.55. The second-order valence-electron chi connectivity index (χ2n) is 7.63.